The number of nitrogens with zero attached hydrogens (tertiary/aromatic N) is 4. The van der Waals surface area contributed by atoms with Crippen molar-refractivity contribution in [2.45, 2.75) is 37.9 Å². The lowest BCUT2D eigenvalue weighted by Crippen LogP contribution is -2.63. The lowest BCUT2D eigenvalue weighted by molar-refractivity contribution is -0.140. The number of likely N-dealkylation sites (tertiary alicyclic amines) is 1. The highest BCUT2D eigenvalue weighted by Crippen LogP contribution is 2.25. The number of carbonyl (C=O) groups is 2. The van der Waals surface area contributed by atoms with Crippen molar-refractivity contribution < 1.29 is 18.0 Å². The van der Waals surface area contributed by atoms with E-state index in [2.05, 4.69) is 16.7 Å². The minimum absolute atomic E-state index is 0.000896. The van der Waals surface area contributed by atoms with E-state index in [0.717, 1.165) is 5.56 Å². The van der Waals surface area contributed by atoms with Gasteiger partial charge in [0.15, 0.2) is 0 Å². The average molecular weight is 509 g/mol. The zero-order chi connectivity index (χ0) is 24.5. The van der Waals surface area contributed by atoms with Gasteiger partial charge in [0.2, 0.25) is 11.8 Å². The van der Waals surface area contributed by atoms with Crippen LogP contribution in [0.5, 0.6) is 0 Å². The Bertz CT molecular complexity index is 1070. The minimum atomic E-state index is -3.72. The number of hydrogen-bond acceptors (Lipinski definition) is 6. The molecule has 34 heavy (non-hydrogen) atoms. The first-order valence-electron chi connectivity index (χ1n) is 11.4. The van der Waals surface area contributed by atoms with Crippen molar-refractivity contribution in [1.29, 1.82) is 5.26 Å². The molecule has 0 spiro atoms. The summed E-state index contributed by atoms with van der Waals surface area (Å²) < 4.78 is 28.3. The van der Waals surface area contributed by atoms with Crippen molar-refractivity contribution in [3.8, 4) is 6.07 Å². The Morgan fingerprint density at radius 2 is 1.88 bits per heavy atom. The number of benzene rings is 1. The Morgan fingerprint density at radius 3 is 2.56 bits per heavy atom. The van der Waals surface area contributed by atoms with Crippen LogP contribution in [0.15, 0.2) is 24.3 Å². The first-order valence-corrected chi connectivity index (χ1v) is 13.2. The van der Waals surface area contributed by atoms with Crippen LogP contribution in [0, 0.1) is 17.2 Å². The largest absolute Gasteiger partial charge is 0.348 e. The molecule has 4 rings (SSSR count). The number of nitriles is 1. The number of nitrogens with one attached hydrogen (secondary N) is 2. The summed E-state index contributed by atoms with van der Waals surface area (Å²) in [5, 5.41) is 15.6. The normalized spacial score (nSPS) is 25.4. The molecule has 3 aliphatic heterocycles. The van der Waals surface area contributed by atoms with Gasteiger partial charge in [0, 0.05) is 44.3 Å². The van der Waals surface area contributed by atoms with Gasteiger partial charge in [-0.05, 0) is 37.5 Å². The van der Waals surface area contributed by atoms with Crippen LogP contribution in [-0.4, -0.2) is 85.1 Å². The summed E-state index contributed by atoms with van der Waals surface area (Å²) >= 11 is 5.94. The number of amides is 2. The van der Waals surface area contributed by atoms with Gasteiger partial charge in [-0.15, -0.1) is 0 Å². The van der Waals surface area contributed by atoms with Gasteiger partial charge in [-0.1, -0.05) is 23.7 Å². The summed E-state index contributed by atoms with van der Waals surface area (Å²) in [6, 6.07) is 7.73. The van der Waals surface area contributed by atoms with Crippen LogP contribution >= 0.6 is 11.6 Å². The van der Waals surface area contributed by atoms with Crippen LogP contribution in [0.4, 0.5) is 0 Å². The molecule has 3 fully saturated rings. The van der Waals surface area contributed by atoms with E-state index in [4.69, 9.17) is 16.9 Å². The zero-order valence-electron chi connectivity index (χ0n) is 19.0. The first-order chi connectivity index (χ1) is 16.2. The second-order valence-electron chi connectivity index (χ2n) is 8.99. The van der Waals surface area contributed by atoms with E-state index in [-0.39, 0.29) is 50.0 Å². The number of halogens is 1. The molecule has 2 N–H and O–H groups in total. The van der Waals surface area contributed by atoms with Crippen molar-refractivity contribution in [3.05, 3.63) is 34.9 Å². The Kier molecular flexibility index (Phi) is 7.45. The fraction of sp³-hybridized carbons (Fsp3) is 0.591. The van der Waals surface area contributed by atoms with Gasteiger partial charge in [-0.2, -0.15) is 22.3 Å². The maximum Gasteiger partial charge on any atom is 0.282 e. The van der Waals surface area contributed by atoms with Gasteiger partial charge >= 0.3 is 0 Å². The van der Waals surface area contributed by atoms with Gasteiger partial charge in [-0.3, -0.25) is 9.59 Å². The van der Waals surface area contributed by atoms with E-state index in [1.54, 1.807) is 17.0 Å². The molecule has 0 bridgehead atoms. The van der Waals surface area contributed by atoms with E-state index in [1.165, 1.54) is 8.61 Å². The molecular weight excluding hydrogens is 480 g/mol. The standard InChI is InChI=1S/C22H29ClN6O4S/c1-15(17-4-6-18(23)7-5-17)26-21(30)20-3-2-9-29(20)22(31)19-14-27(10-8-25-19)34(32,33)28-12-16(11-24)13-28/h4-7,15-16,19-20,25H,2-3,8-10,12-14H2,1H3,(H,26,30)/t15-,19+,20-/m1/s1. The maximum atomic E-state index is 13.3. The molecule has 0 aliphatic carbocycles. The van der Waals surface area contributed by atoms with Crippen LogP contribution in [0.2, 0.25) is 5.02 Å². The molecule has 3 heterocycles. The Hall–Kier alpha value is -2.23. The third-order valence-electron chi connectivity index (χ3n) is 6.69. The topological polar surface area (TPSA) is 126 Å². The SMILES string of the molecule is C[C@@H](NC(=O)[C@H]1CCCN1C(=O)[C@@H]1CN(S(=O)(=O)N2CC(C#N)C2)CCN1)c1ccc(Cl)cc1. The highest BCUT2D eigenvalue weighted by Gasteiger charge is 2.44. The van der Waals surface area contributed by atoms with E-state index >= 15 is 0 Å². The summed E-state index contributed by atoms with van der Waals surface area (Å²) in [4.78, 5) is 27.9. The van der Waals surface area contributed by atoms with Crippen LogP contribution in [0.25, 0.3) is 0 Å². The number of carbonyl (C=O) groups excluding carboxylic acids is 2. The highest BCUT2D eigenvalue weighted by atomic mass is 35.5. The van der Waals surface area contributed by atoms with E-state index in [9.17, 15) is 18.0 Å². The van der Waals surface area contributed by atoms with Crippen molar-refractivity contribution in [1.82, 2.24) is 24.1 Å². The van der Waals surface area contributed by atoms with Gasteiger partial charge < -0.3 is 15.5 Å². The molecule has 3 aliphatic rings. The molecule has 2 amide bonds. The molecule has 184 valence electrons. The quantitative estimate of drug-likeness (QED) is 0.575. The van der Waals surface area contributed by atoms with E-state index < -0.39 is 22.3 Å². The minimum Gasteiger partial charge on any atom is -0.348 e. The van der Waals surface area contributed by atoms with Crippen molar-refractivity contribution in [2.75, 3.05) is 39.3 Å². The molecule has 10 nitrogen and oxygen atoms in total. The fourth-order valence-electron chi connectivity index (χ4n) is 4.62. The zero-order valence-corrected chi connectivity index (χ0v) is 20.6. The highest BCUT2D eigenvalue weighted by molar-refractivity contribution is 7.86. The van der Waals surface area contributed by atoms with Crippen molar-refractivity contribution >= 4 is 33.6 Å². The Labute approximate surface area is 205 Å². The van der Waals surface area contributed by atoms with E-state index in [1.807, 2.05) is 19.1 Å². The second kappa shape index (κ2) is 10.2. The van der Waals surface area contributed by atoms with Crippen molar-refractivity contribution in [3.63, 3.8) is 0 Å². The number of hydrogen-bond donors (Lipinski definition) is 2. The summed E-state index contributed by atoms with van der Waals surface area (Å²) in [5.74, 6) is -0.777. The van der Waals surface area contributed by atoms with Gasteiger partial charge in [-0.25, -0.2) is 0 Å². The predicted molar refractivity (Wildman–Crippen MR) is 126 cm³/mol. The molecule has 0 radical (unpaired) electrons. The molecule has 1 aromatic rings. The second-order valence-corrected chi connectivity index (χ2v) is 11.4. The van der Waals surface area contributed by atoms with Crippen LogP contribution in [-0.2, 0) is 19.8 Å². The van der Waals surface area contributed by atoms with Gasteiger partial charge in [0.1, 0.15) is 12.1 Å². The Balaban J connectivity index is 1.38. The van der Waals surface area contributed by atoms with Crippen LogP contribution in [0.3, 0.4) is 0 Å². The molecular formula is C22H29ClN6O4S. The number of piperazine rings is 1. The summed E-state index contributed by atoms with van der Waals surface area (Å²) in [7, 11) is -3.72. The molecule has 0 saturated carbocycles. The van der Waals surface area contributed by atoms with Crippen LogP contribution < -0.4 is 10.6 Å². The van der Waals surface area contributed by atoms with Gasteiger partial charge in [0.25, 0.3) is 10.2 Å². The monoisotopic (exact) mass is 508 g/mol. The molecule has 1 aromatic carbocycles. The van der Waals surface area contributed by atoms with Gasteiger partial charge in [0.05, 0.1) is 18.0 Å². The first kappa shape index (κ1) is 24.9. The summed E-state index contributed by atoms with van der Waals surface area (Å²) in [5.41, 5.74) is 0.910. The Morgan fingerprint density at radius 1 is 1.18 bits per heavy atom. The third-order valence-corrected chi connectivity index (χ3v) is 8.87. The average Bonchev–Trinajstić information content (AvgIpc) is 3.28. The summed E-state index contributed by atoms with van der Waals surface area (Å²) in [6.45, 7) is 3.28. The van der Waals surface area contributed by atoms with Crippen molar-refractivity contribution in [2.24, 2.45) is 5.92 Å². The van der Waals surface area contributed by atoms with E-state index in [0.29, 0.717) is 31.0 Å². The fourth-order valence-corrected chi connectivity index (χ4v) is 6.47. The predicted octanol–water partition coefficient (Wildman–Crippen LogP) is 0.482. The lowest BCUT2D eigenvalue weighted by atomic mass is 10.1. The number of rotatable bonds is 6. The summed E-state index contributed by atoms with van der Waals surface area (Å²) in [6.07, 6.45) is 1.26. The lowest BCUT2D eigenvalue weighted by Gasteiger charge is -2.41. The third kappa shape index (κ3) is 5.06. The molecule has 0 aromatic heterocycles. The van der Waals surface area contributed by atoms with Crippen LogP contribution in [0.1, 0.15) is 31.4 Å². The molecule has 3 atom stereocenters. The smallest absolute Gasteiger partial charge is 0.282 e. The molecule has 0 unspecified atom stereocenters. The molecule has 12 heteroatoms. The maximum absolute atomic E-state index is 13.3. The molecule has 3 saturated heterocycles.